The summed E-state index contributed by atoms with van der Waals surface area (Å²) in [5, 5.41) is 0. The van der Waals surface area contributed by atoms with Gasteiger partial charge in [-0.05, 0) is 17.7 Å². The van der Waals surface area contributed by atoms with Crippen molar-refractivity contribution in [2.45, 2.75) is 6.61 Å². The Balaban J connectivity index is 2.09. The molecule has 0 bridgehead atoms. The quantitative estimate of drug-likeness (QED) is 0.757. The van der Waals surface area contributed by atoms with Crippen molar-refractivity contribution in [2.24, 2.45) is 0 Å². The lowest BCUT2D eigenvalue weighted by atomic mass is 10.2. The first-order chi connectivity index (χ1) is 8.83. The zero-order valence-corrected chi connectivity index (χ0v) is 10.1. The van der Waals surface area contributed by atoms with Gasteiger partial charge in [-0.2, -0.15) is 0 Å². The Hall–Kier alpha value is -2.47. The monoisotopic (exact) mass is 239 g/mol. The summed E-state index contributed by atoms with van der Waals surface area (Å²) in [4.78, 5) is 3.37. The molecule has 90 valence electrons. The molecule has 0 fully saturated rings. The van der Waals surface area contributed by atoms with E-state index in [2.05, 4.69) is 4.85 Å². The van der Waals surface area contributed by atoms with Crippen LogP contribution in [-0.4, -0.2) is 7.11 Å². The highest BCUT2D eigenvalue weighted by Gasteiger charge is 2.04. The van der Waals surface area contributed by atoms with Crippen LogP contribution in [0.5, 0.6) is 11.5 Å². The van der Waals surface area contributed by atoms with Crippen LogP contribution in [0.3, 0.4) is 0 Å². The lowest BCUT2D eigenvalue weighted by molar-refractivity contribution is 0.304. The average molecular weight is 239 g/mol. The molecular weight excluding hydrogens is 226 g/mol. The van der Waals surface area contributed by atoms with E-state index in [-0.39, 0.29) is 0 Å². The van der Waals surface area contributed by atoms with E-state index in [0.717, 1.165) is 5.56 Å². The number of nitrogens with zero attached hydrogens (tertiary/aromatic N) is 1. The number of benzene rings is 2. The van der Waals surface area contributed by atoms with Crippen LogP contribution in [0.1, 0.15) is 5.56 Å². The van der Waals surface area contributed by atoms with Crippen LogP contribution in [0.15, 0.2) is 48.5 Å². The van der Waals surface area contributed by atoms with Gasteiger partial charge < -0.3 is 9.47 Å². The Labute approximate surface area is 106 Å². The second kappa shape index (κ2) is 5.74. The first-order valence-electron chi connectivity index (χ1n) is 5.55. The third-order valence-corrected chi connectivity index (χ3v) is 2.52. The highest BCUT2D eigenvalue weighted by Crippen LogP contribution is 2.31. The van der Waals surface area contributed by atoms with Crippen molar-refractivity contribution in [3.05, 3.63) is 65.5 Å². The van der Waals surface area contributed by atoms with Crippen molar-refractivity contribution >= 4 is 5.69 Å². The van der Waals surface area contributed by atoms with Gasteiger partial charge in [0.1, 0.15) is 18.1 Å². The van der Waals surface area contributed by atoms with Gasteiger partial charge in [-0.3, -0.25) is 0 Å². The SMILES string of the molecule is [C-]#[N+]c1ccc(OCc2ccccc2)cc1OC. The fourth-order valence-electron chi connectivity index (χ4n) is 1.58. The maximum atomic E-state index is 7.00. The molecule has 2 aromatic carbocycles. The van der Waals surface area contributed by atoms with Gasteiger partial charge in [0.15, 0.2) is 0 Å². The third kappa shape index (κ3) is 2.80. The molecule has 0 heterocycles. The number of methoxy groups -OCH3 is 1. The molecule has 3 nitrogen and oxygen atoms in total. The molecule has 2 aromatic rings. The molecule has 0 unspecified atom stereocenters. The fraction of sp³-hybridized carbons (Fsp3) is 0.133. The van der Waals surface area contributed by atoms with Gasteiger partial charge in [-0.1, -0.05) is 30.3 Å². The predicted octanol–water partition coefficient (Wildman–Crippen LogP) is 3.82. The summed E-state index contributed by atoms with van der Waals surface area (Å²) < 4.78 is 10.8. The van der Waals surface area contributed by atoms with E-state index < -0.39 is 0 Å². The highest BCUT2D eigenvalue weighted by molar-refractivity contribution is 5.59. The van der Waals surface area contributed by atoms with E-state index in [1.54, 1.807) is 25.3 Å². The van der Waals surface area contributed by atoms with E-state index in [9.17, 15) is 0 Å². The zero-order chi connectivity index (χ0) is 12.8. The Morgan fingerprint density at radius 3 is 2.56 bits per heavy atom. The smallest absolute Gasteiger partial charge is 0.228 e. The van der Waals surface area contributed by atoms with Gasteiger partial charge >= 0.3 is 0 Å². The van der Waals surface area contributed by atoms with Crippen molar-refractivity contribution in [1.29, 1.82) is 0 Å². The average Bonchev–Trinajstić information content (AvgIpc) is 2.45. The molecule has 3 heteroatoms. The van der Waals surface area contributed by atoms with E-state index in [1.807, 2.05) is 30.3 Å². The Morgan fingerprint density at radius 1 is 1.11 bits per heavy atom. The molecule has 0 aromatic heterocycles. The standard InChI is InChI=1S/C15H13NO2/c1-16-14-9-8-13(10-15(14)17-2)18-11-12-6-4-3-5-7-12/h3-10H,11H2,2H3. The Morgan fingerprint density at radius 2 is 1.89 bits per heavy atom. The summed E-state index contributed by atoms with van der Waals surface area (Å²) in [7, 11) is 1.55. The molecule has 0 aliphatic rings. The molecule has 0 saturated carbocycles. The largest absolute Gasteiger partial charge is 0.508 e. The van der Waals surface area contributed by atoms with Gasteiger partial charge in [0, 0.05) is 6.07 Å². The lowest BCUT2D eigenvalue weighted by Crippen LogP contribution is -1.95. The minimum Gasteiger partial charge on any atom is -0.508 e. The van der Waals surface area contributed by atoms with Crippen molar-refractivity contribution in [1.82, 2.24) is 0 Å². The van der Waals surface area contributed by atoms with Crippen LogP contribution < -0.4 is 9.47 Å². The predicted molar refractivity (Wildman–Crippen MR) is 70.0 cm³/mol. The van der Waals surface area contributed by atoms with Crippen LogP contribution >= 0.6 is 0 Å². The van der Waals surface area contributed by atoms with Crippen LogP contribution in [0.25, 0.3) is 4.85 Å². The number of rotatable bonds is 4. The van der Waals surface area contributed by atoms with Crippen molar-refractivity contribution < 1.29 is 9.47 Å². The molecule has 0 saturated heterocycles. The third-order valence-electron chi connectivity index (χ3n) is 2.52. The minimum absolute atomic E-state index is 0.490. The summed E-state index contributed by atoms with van der Waals surface area (Å²) in [6, 6.07) is 15.1. The molecule has 18 heavy (non-hydrogen) atoms. The van der Waals surface area contributed by atoms with Gasteiger partial charge in [-0.25, -0.2) is 4.85 Å². The first-order valence-corrected chi connectivity index (χ1v) is 5.55. The fourth-order valence-corrected chi connectivity index (χ4v) is 1.58. The molecular formula is C15H13NO2. The Bertz CT molecular complexity index is 558. The van der Waals surface area contributed by atoms with E-state index >= 15 is 0 Å². The molecule has 0 radical (unpaired) electrons. The van der Waals surface area contributed by atoms with Crippen molar-refractivity contribution in [3.8, 4) is 11.5 Å². The second-order valence-corrected chi connectivity index (χ2v) is 3.72. The molecule has 0 atom stereocenters. The Kier molecular flexibility index (Phi) is 3.83. The molecule has 0 spiro atoms. The maximum Gasteiger partial charge on any atom is 0.228 e. The van der Waals surface area contributed by atoms with Crippen LogP contribution in [0.4, 0.5) is 5.69 Å². The summed E-state index contributed by atoms with van der Waals surface area (Å²) in [5.41, 5.74) is 1.59. The summed E-state index contributed by atoms with van der Waals surface area (Å²) in [6.07, 6.45) is 0. The van der Waals surface area contributed by atoms with E-state index in [0.29, 0.717) is 23.8 Å². The maximum absolute atomic E-state index is 7.00. The van der Waals surface area contributed by atoms with Crippen LogP contribution in [0, 0.1) is 6.57 Å². The second-order valence-electron chi connectivity index (χ2n) is 3.72. The number of ether oxygens (including phenoxy) is 2. The number of hydrogen-bond donors (Lipinski definition) is 0. The molecule has 0 amide bonds. The van der Waals surface area contributed by atoms with Gasteiger partial charge in [0.05, 0.1) is 13.7 Å². The van der Waals surface area contributed by atoms with Crippen LogP contribution in [0.2, 0.25) is 0 Å². The topological polar surface area (TPSA) is 22.8 Å². The van der Waals surface area contributed by atoms with Crippen LogP contribution in [-0.2, 0) is 6.61 Å². The summed E-state index contributed by atoms with van der Waals surface area (Å²) in [6.45, 7) is 7.50. The molecule has 0 aliphatic carbocycles. The van der Waals surface area contributed by atoms with Gasteiger partial charge in [0.2, 0.25) is 5.69 Å². The first kappa shape index (κ1) is 12.0. The van der Waals surface area contributed by atoms with Gasteiger partial charge in [0.25, 0.3) is 0 Å². The lowest BCUT2D eigenvalue weighted by Gasteiger charge is -2.09. The van der Waals surface area contributed by atoms with E-state index in [4.69, 9.17) is 16.0 Å². The summed E-state index contributed by atoms with van der Waals surface area (Å²) >= 11 is 0. The van der Waals surface area contributed by atoms with E-state index in [1.165, 1.54) is 0 Å². The normalized spacial score (nSPS) is 9.56. The van der Waals surface area contributed by atoms with Gasteiger partial charge in [-0.15, -0.1) is 0 Å². The zero-order valence-electron chi connectivity index (χ0n) is 10.1. The summed E-state index contributed by atoms with van der Waals surface area (Å²) in [5.74, 6) is 1.23. The highest BCUT2D eigenvalue weighted by atomic mass is 16.5. The minimum atomic E-state index is 0.490. The van der Waals surface area contributed by atoms with Crippen molar-refractivity contribution in [2.75, 3.05) is 7.11 Å². The van der Waals surface area contributed by atoms with Crippen molar-refractivity contribution in [3.63, 3.8) is 0 Å². The molecule has 0 N–H and O–H groups in total. The molecule has 2 rings (SSSR count). The molecule has 0 aliphatic heterocycles. The number of hydrogen-bond acceptors (Lipinski definition) is 2.